The van der Waals surface area contributed by atoms with Gasteiger partial charge in [0.05, 0.1) is 25.5 Å². The number of aromatic nitrogens is 1. The van der Waals surface area contributed by atoms with Crippen LogP contribution in [0.15, 0.2) is 10.6 Å². The van der Waals surface area contributed by atoms with E-state index in [4.69, 9.17) is 9.26 Å². The lowest BCUT2D eigenvalue weighted by Crippen LogP contribution is -2.58. The molecule has 2 fully saturated rings. The van der Waals surface area contributed by atoms with E-state index in [1.54, 1.807) is 0 Å². The molecule has 5 nitrogen and oxygen atoms in total. The predicted molar refractivity (Wildman–Crippen MR) is 90.3 cm³/mol. The molecule has 0 bridgehead atoms. The molecule has 3 rings (SSSR count). The van der Waals surface area contributed by atoms with Gasteiger partial charge >= 0.3 is 0 Å². The van der Waals surface area contributed by atoms with Gasteiger partial charge in [-0.05, 0) is 24.2 Å². The van der Waals surface area contributed by atoms with Gasteiger partial charge < -0.3 is 14.6 Å². The summed E-state index contributed by atoms with van der Waals surface area (Å²) in [6, 6.07) is 3.31. The number of nitrogens with one attached hydrogen (secondary N) is 1. The van der Waals surface area contributed by atoms with Gasteiger partial charge in [-0.3, -0.25) is 4.90 Å². The van der Waals surface area contributed by atoms with E-state index >= 15 is 0 Å². The predicted octanol–water partition coefficient (Wildman–Crippen LogP) is 2.46. The van der Waals surface area contributed by atoms with Crippen molar-refractivity contribution in [1.29, 1.82) is 0 Å². The zero-order chi connectivity index (χ0) is 16.4. The highest BCUT2D eigenvalue weighted by Gasteiger charge is 2.47. The van der Waals surface area contributed by atoms with E-state index in [1.807, 2.05) is 0 Å². The maximum Gasteiger partial charge on any atom is 0.150 e. The molecule has 1 aliphatic heterocycles. The number of nitrogens with zero attached hydrogens (tertiary/aromatic N) is 2. The molecule has 2 aliphatic rings. The monoisotopic (exact) mass is 321 g/mol. The van der Waals surface area contributed by atoms with Crippen molar-refractivity contribution in [3.8, 4) is 0 Å². The molecule has 0 aromatic carbocycles. The van der Waals surface area contributed by atoms with Gasteiger partial charge in [0, 0.05) is 31.2 Å². The fraction of sp³-hybridized carbons (Fsp3) is 0.833. The third kappa shape index (κ3) is 3.95. The molecule has 1 aromatic heterocycles. The van der Waals surface area contributed by atoms with E-state index < -0.39 is 0 Å². The smallest absolute Gasteiger partial charge is 0.150 e. The maximum atomic E-state index is 5.55. The highest BCUT2D eigenvalue weighted by atomic mass is 16.5. The highest BCUT2D eigenvalue weighted by Crippen LogP contribution is 2.47. The van der Waals surface area contributed by atoms with Crippen molar-refractivity contribution in [1.82, 2.24) is 15.4 Å². The van der Waals surface area contributed by atoms with Crippen LogP contribution < -0.4 is 5.32 Å². The average molecular weight is 321 g/mol. The van der Waals surface area contributed by atoms with Crippen molar-refractivity contribution in [2.45, 2.75) is 59.2 Å². The first-order chi connectivity index (χ1) is 10.9. The van der Waals surface area contributed by atoms with Gasteiger partial charge in [0.2, 0.25) is 0 Å². The molecular formula is C18H31N3O2. The molecule has 5 heteroatoms. The summed E-state index contributed by atoms with van der Waals surface area (Å²) in [5.41, 5.74) is 1.43. The first-order valence-electron chi connectivity index (χ1n) is 8.95. The van der Waals surface area contributed by atoms with Crippen LogP contribution in [0.25, 0.3) is 0 Å². The van der Waals surface area contributed by atoms with Crippen molar-refractivity contribution in [2.24, 2.45) is 11.3 Å². The minimum absolute atomic E-state index is 0.327. The fourth-order valence-electron chi connectivity index (χ4n) is 3.81. The van der Waals surface area contributed by atoms with Gasteiger partial charge in [0.1, 0.15) is 0 Å². The van der Waals surface area contributed by atoms with E-state index in [9.17, 15) is 0 Å². The molecule has 1 aliphatic carbocycles. The van der Waals surface area contributed by atoms with Crippen molar-refractivity contribution >= 4 is 0 Å². The van der Waals surface area contributed by atoms with Gasteiger partial charge in [0.15, 0.2) is 5.76 Å². The van der Waals surface area contributed by atoms with Crippen LogP contribution in [0.3, 0.4) is 0 Å². The molecule has 1 saturated heterocycles. The Morgan fingerprint density at radius 3 is 2.74 bits per heavy atom. The van der Waals surface area contributed by atoms with Crippen LogP contribution in [-0.2, 0) is 17.7 Å². The number of ether oxygens (including phenoxy) is 1. The standard InChI is InChI=1S/C18H31N3O2/c1-13(2)19-17-10-14(18(17,3)4)9-15-11-16(23-20-15)12-21-5-7-22-8-6-21/h11,13-14,17,19H,5-10,12H2,1-4H3/t14-,17+/m1/s1. The first kappa shape index (κ1) is 16.9. The molecule has 1 N–H and O–H groups in total. The Labute approximate surface area is 139 Å². The van der Waals surface area contributed by atoms with E-state index in [1.165, 1.54) is 6.42 Å². The topological polar surface area (TPSA) is 50.5 Å². The van der Waals surface area contributed by atoms with Crippen molar-refractivity contribution in [3.63, 3.8) is 0 Å². The van der Waals surface area contributed by atoms with Crippen molar-refractivity contribution in [3.05, 3.63) is 17.5 Å². The molecule has 23 heavy (non-hydrogen) atoms. The molecule has 1 saturated carbocycles. The summed E-state index contributed by atoms with van der Waals surface area (Å²) < 4.78 is 10.9. The molecule has 0 amide bonds. The van der Waals surface area contributed by atoms with Crippen molar-refractivity contribution in [2.75, 3.05) is 26.3 Å². The molecule has 2 heterocycles. The summed E-state index contributed by atoms with van der Waals surface area (Å²) in [7, 11) is 0. The molecular weight excluding hydrogens is 290 g/mol. The third-order valence-electron chi connectivity index (χ3n) is 5.55. The van der Waals surface area contributed by atoms with Gasteiger partial charge in [-0.25, -0.2) is 0 Å². The summed E-state index contributed by atoms with van der Waals surface area (Å²) in [5, 5.41) is 7.98. The second-order valence-electron chi connectivity index (χ2n) is 8.01. The maximum absolute atomic E-state index is 5.55. The highest BCUT2D eigenvalue weighted by molar-refractivity contribution is 5.11. The average Bonchev–Trinajstić information content (AvgIpc) is 2.94. The van der Waals surface area contributed by atoms with Crippen LogP contribution >= 0.6 is 0 Å². The van der Waals surface area contributed by atoms with Crippen LogP contribution in [0.5, 0.6) is 0 Å². The van der Waals surface area contributed by atoms with E-state index in [2.05, 4.69) is 49.1 Å². The van der Waals surface area contributed by atoms with Crippen LogP contribution in [0.2, 0.25) is 0 Å². The molecule has 130 valence electrons. The lowest BCUT2D eigenvalue weighted by atomic mass is 9.57. The van der Waals surface area contributed by atoms with Crippen LogP contribution in [0.4, 0.5) is 0 Å². The quantitative estimate of drug-likeness (QED) is 0.872. The second kappa shape index (κ2) is 6.91. The Hall–Kier alpha value is -0.910. The minimum atomic E-state index is 0.327. The Kier molecular flexibility index (Phi) is 5.09. The summed E-state index contributed by atoms with van der Waals surface area (Å²) >= 11 is 0. The number of rotatable bonds is 6. The summed E-state index contributed by atoms with van der Waals surface area (Å²) in [6.45, 7) is 13.6. The Morgan fingerprint density at radius 1 is 1.35 bits per heavy atom. The number of hydrogen-bond donors (Lipinski definition) is 1. The van der Waals surface area contributed by atoms with E-state index in [0.717, 1.165) is 50.7 Å². The summed E-state index contributed by atoms with van der Waals surface area (Å²) in [4.78, 5) is 2.36. The largest absolute Gasteiger partial charge is 0.379 e. The Balaban J connectivity index is 1.51. The number of morpholine rings is 1. The Morgan fingerprint density at radius 2 is 2.09 bits per heavy atom. The van der Waals surface area contributed by atoms with Gasteiger partial charge in [-0.2, -0.15) is 0 Å². The van der Waals surface area contributed by atoms with Gasteiger partial charge in [-0.1, -0.05) is 32.9 Å². The van der Waals surface area contributed by atoms with Crippen LogP contribution in [0, 0.1) is 11.3 Å². The molecule has 0 unspecified atom stereocenters. The zero-order valence-electron chi connectivity index (χ0n) is 15.0. The zero-order valence-corrected chi connectivity index (χ0v) is 15.0. The van der Waals surface area contributed by atoms with E-state index in [0.29, 0.717) is 23.4 Å². The summed E-state index contributed by atoms with van der Waals surface area (Å²) in [5.74, 6) is 1.66. The Bertz CT molecular complexity index is 506. The first-order valence-corrected chi connectivity index (χ1v) is 8.95. The SMILES string of the molecule is CC(C)N[C@H]1C[C@@H](Cc2cc(CN3CCOCC3)on2)C1(C)C. The molecule has 1 aromatic rings. The second-order valence-corrected chi connectivity index (χ2v) is 8.01. The summed E-state index contributed by atoms with van der Waals surface area (Å²) in [6.07, 6.45) is 2.26. The normalized spacial score (nSPS) is 28.0. The lowest BCUT2D eigenvalue weighted by Gasteiger charge is -2.53. The van der Waals surface area contributed by atoms with Gasteiger partial charge in [-0.15, -0.1) is 0 Å². The molecule has 2 atom stereocenters. The van der Waals surface area contributed by atoms with E-state index in [-0.39, 0.29) is 0 Å². The van der Waals surface area contributed by atoms with Crippen LogP contribution in [-0.4, -0.2) is 48.4 Å². The number of hydrogen-bond acceptors (Lipinski definition) is 5. The minimum Gasteiger partial charge on any atom is -0.379 e. The molecule has 0 spiro atoms. The molecule has 0 radical (unpaired) electrons. The lowest BCUT2D eigenvalue weighted by molar-refractivity contribution is 0.00898. The van der Waals surface area contributed by atoms with Crippen molar-refractivity contribution < 1.29 is 9.26 Å². The van der Waals surface area contributed by atoms with Gasteiger partial charge in [0.25, 0.3) is 0 Å². The third-order valence-corrected chi connectivity index (χ3v) is 5.55. The van der Waals surface area contributed by atoms with Crippen LogP contribution in [0.1, 0.15) is 45.6 Å². The fourth-order valence-corrected chi connectivity index (χ4v) is 3.81.